The van der Waals surface area contributed by atoms with Gasteiger partial charge < -0.3 is 10.5 Å². The lowest BCUT2D eigenvalue weighted by Crippen LogP contribution is -2.68. The normalized spacial score (nSPS) is 24.4. The van der Waals surface area contributed by atoms with Crippen LogP contribution in [0.3, 0.4) is 0 Å². The molecule has 2 aliphatic heterocycles. The van der Waals surface area contributed by atoms with Gasteiger partial charge in [0, 0.05) is 11.5 Å². The maximum atomic E-state index is 12.3. The lowest BCUT2D eigenvalue weighted by atomic mass is 10.0. The summed E-state index contributed by atoms with van der Waals surface area (Å²) in [6.07, 6.45) is 1.91. The summed E-state index contributed by atoms with van der Waals surface area (Å²) in [4.78, 5) is 25.6. The fraction of sp³-hybridized carbons (Fsp3) is 0.636. The van der Waals surface area contributed by atoms with Gasteiger partial charge in [-0.25, -0.2) is 4.79 Å². The highest BCUT2D eigenvalue weighted by molar-refractivity contribution is 8.00. The lowest BCUT2D eigenvalue weighted by Gasteiger charge is -2.48. The first kappa shape index (κ1) is 20.5. The predicted octanol–water partition coefficient (Wildman–Crippen LogP) is 2.18. The monoisotopic (exact) mass is 426 g/mol. The van der Waals surface area contributed by atoms with Gasteiger partial charge in [-0.15, -0.1) is 24.2 Å². The van der Waals surface area contributed by atoms with Crippen molar-refractivity contribution in [2.75, 3.05) is 24.4 Å². The maximum Gasteiger partial charge on any atom is 0.355 e. The first-order valence-electron chi connectivity index (χ1n) is 5.91. The number of nitrogens with two attached hydrogens (primary N) is 1. The second-order valence-corrected chi connectivity index (χ2v) is 9.00. The molecule has 0 aromatic carbocycles. The standard InChI is InChI=1S/C11H13Cl3N2O3S2.ClH/c1-20-2-5-3-21-9-6(15)8(17)16(9)7(5)10(18)19-4-11(12,13)14;/h6,9H,2-4,15H2,1H3;1H/t6-,9-;/m1./s1. The third-order valence-electron chi connectivity index (χ3n) is 2.97. The van der Waals surface area contributed by atoms with E-state index in [-0.39, 0.29) is 36.0 Å². The van der Waals surface area contributed by atoms with E-state index < -0.39 is 15.8 Å². The first-order chi connectivity index (χ1) is 9.76. The number of carbonyl (C=O) groups is 2. The average Bonchev–Trinajstić information content (AvgIpc) is 2.43. The average molecular weight is 428 g/mol. The summed E-state index contributed by atoms with van der Waals surface area (Å²) in [6.45, 7) is -0.377. The van der Waals surface area contributed by atoms with Crippen molar-refractivity contribution < 1.29 is 14.3 Å². The van der Waals surface area contributed by atoms with Crippen LogP contribution in [0.2, 0.25) is 0 Å². The molecule has 0 unspecified atom stereocenters. The number of rotatable bonds is 4. The number of esters is 1. The van der Waals surface area contributed by atoms with Gasteiger partial charge in [0.2, 0.25) is 9.70 Å². The molecule has 2 heterocycles. The number of hydrogen-bond donors (Lipinski definition) is 1. The molecule has 1 saturated heterocycles. The lowest BCUT2D eigenvalue weighted by molar-refractivity contribution is -0.150. The van der Waals surface area contributed by atoms with Crippen molar-refractivity contribution in [2.45, 2.75) is 15.2 Å². The Hall–Kier alpha value is 0.500. The van der Waals surface area contributed by atoms with E-state index in [1.165, 1.54) is 4.90 Å². The third-order valence-corrected chi connectivity index (χ3v) is 5.29. The van der Waals surface area contributed by atoms with Crippen molar-refractivity contribution in [3.8, 4) is 0 Å². The number of fused-ring (bicyclic) bond motifs is 1. The molecule has 0 aromatic heterocycles. The van der Waals surface area contributed by atoms with Gasteiger partial charge in [-0.05, 0) is 11.8 Å². The molecule has 1 fully saturated rings. The molecule has 0 saturated carbocycles. The van der Waals surface area contributed by atoms with Crippen LogP contribution in [0.15, 0.2) is 11.3 Å². The summed E-state index contributed by atoms with van der Waals surface area (Å²) >= 11 is 19.8. The Morgan fingerprint density at radius 2 is 2.18 bits per heavy atom. The molecule has 0 bridgehead atoms. The summed E-state index contributed by atoms with van der Waals surface area (Å²) in [5.41, 5.74) is 6.82. The van der Waals surface area contributed by atoms with E-state index in [0.717, 1.165) is 5.57 Å². The SMILES string of the molecule is CSCC1=C(C(=O)OCC(Cl)(Cl)Cl)N2C(=O)[C@@H](N)[C@H]2SC1.Cl. The van der Waals surface area contributed by atoms with Crippen LogP contribution in [-0.2, 0) is 14.3 Å². The fourth-order valence-electron chi connectivity index (χ4n) is 2.07. The summed E-state index contributed by atoms with van der Waals surface area (Å²) < 4.78 is 3.33. The second-order valence-electron chi connectivity index (χ2n) is 4.51. The number of amides is 1. The molecule has 2 N–H and O–H groups in total. The van der Waals surface area contributed by atoms with Crippen LogP contribution in [0.1, 0.15) is 0 Å². The molecule has 126 valence electrons. The van der Waals surface area contributed by atoms with Crippen LogP contribution in [-0.4, -0.2) is 56.4 Å². The van der Waals surface area contributed by atoms with Gasteiger partial charge in [0.25, 0.3) is 0 Å². The molecule has 0 aliphatic carbocycles. The van der Waals surface area contributed by atoms with Gasteiger partial charge >= 0.3 is 5.97 Å². The molecule has 22 heavy (non-hydrogen) atoms. The minimum Gasteiger partial charge on any atom is -0.456 e. The van der Waals surface area contributed by atoms with Gasteiger partial charge in [0.05, 0.1) is 0 Å². The highest BCUT2D eigenvalue weighted by atomic mass is 35.6. The smallest absolute Gasteiger partial charge is 0.355 e. The number of nitrogens with zero attached hydrogens (tertiary/aromatic N) is 1. The second kappa shape index (κ2) is 8.05. The zero-order valence-corrected chi connectivity index (χ0v) is 16.1. The molecule has 0 spiro atoms. The van der Waals surface area contributed by atoms with Crippen molar-refractivity contribution >= 4 is 82.6 Å². The van der Waals surface area contributed by atoms with Crippen LogP contribution < -0.4 is 5.73 Å². The zero-order chi connectivity index (χ0) is 15.8. The number of β-lactam (4-membered cyclic amide) rings is 1. The Labute approximate surface area is 158 Å². The first-order valence-corrected chi connectivity index (χ1v) is 9.49. The molecular weight excluding hydrogens is 414 g/mol. The molecule has 2 rings (SSSR count). The molecule has 2 atom stereocenters. The van der Waals surface area contributed by atoms with Crippen molar-refractivity contribution in [3.63, 3.8) is 0 Å². The van der Waals surface area contributed by atoms with Gasteiger partial charge in [-0.2, -0.15) is 11.8 Å². The fourth-order valence-corrected chi connectivity index (χ4v) is 4.24. The molecule has 0 aromatic rings. The number of hydrogen-bond acceptors (Lipinski definition) is 6. The zero-order valence-electron chi connectivity index (χ0n) is 11.4. The number of alkyl halides is 3. The van der Waals surface area contributed by atoms with Crippen molar-refractivity contribution in [1.82, 2.24) is 4.90 Å². The number of ether oxygens (including phenoxy) is 1. The van der Waals surface area contributed by atoms with Gasteiger partial charge in [-0.3, -0.25) is 9.69 Å². The van der Waals surface area contributed by atoms with Crippen LogP contribution in [0, 0.1) is 0 Å². The van der Waals surface area contributed by atoms with Gasteiger partial charge in [-0.1, -0.05) is 34.8 Å². The van der Waals surface area contributed by atoms with Crippen molar-refractivity contribution in [2.24, 2.45) is 5.73 Å². The Morgan fingerprint density at radius 3 is 2.73 bits per heavy atom. The quantitative estimate of drug-likeness (QED) is 0.421. The van der Waals surface area contributed by atoms with Gasteiger partial charge in [0.15, 0.2) is 0 Å². The van der Waals surface area contributed by atoms with Gasteiger partial charge in [0.1, 0.15) is 23.7 Å². The van der Waals surface area contributed by atoms with E-state index in [4.69, 9.17) is 45.3 Å². The molecule has 1 amide bonds. The van der Waals surface area contributed by atoms with Crippen LogP contribution in [0.4, 0.5) is 0 Å². The van der Waals surface area contributed by atoms with Crippen LogP contribution >= 0.6 is 70.7 Å². The molecule has 11 heteroatoms. The summed E-state index contributed by atoms with van der Waals surface area (Å²) in [5.74, 6) is 0.306. The minimum absolute atomic E-state index is 0. The third kappa shape index (κ3) is 4.32. The Balaban J connectivity index is 0.00000242. The Kier molecular flexibility index (Phi) is 7.52. The largest absolute Gasteiger partial charge is 0.456 e. The van der Waals surface area contributed by atoms with E-state index in [0.29, 0.717) is 11.5 Å². The molecule has 5 nitrogen and oxygen atoms in total. The Morgan fingerprint density at radius 1 is 1.55 bits per heavy atom. The van der Waals surface area contributed by atoms with Crippen LogP contribution in [0.5, 0.6) is 0 Å². The highest BCUT2D eigenvalue weighted by Crippen LogP contribution is 2.40. The van der Waals surface area contributed by atoms with Crippen LogP contribution in [0.25, 0.3) is 0 Å². The number of halogens is 4. The van der Waals surface area contributed by atoms with Crippen molar-refractivity contribution in [1.29, 1.82) is 0 Å². The molecular formula is C11H14Cl4N2O3S2. The number of carbonyl (C=O) groups excluding carboxylic acids is 2. The molecule has 2 aliphatic rings. The minimum atomic E-state index is -1.69. The molecule has 0 radical (unpaired) electrons. The van der Waals surface area contributed by atoms with E-state index in [1.807, 2.05) is 6.26 Å². The van der Waals surface area contributed by atoms with E-state index in [1.54, 1.807) is 23.5 Å². The topological polar surface area (TPSA) is 72.6 Å². The highest BCUT2D eigenvalue weighted by Gasteiger charge is 2.52. The maximum absolute atomic E-state index is 12.3. The Bertz CT molecular complexity index is 498. The summed E-state index contributed by atoms with van der Waals surface area (Å²) in [7, 11) is 0. The van der Waals surface area contributed by atoms with Crippen molar-refractivity contribution in [3.05, 3.63) is 11.3 Å². The van der Waals surface area contributed by atoms with E-state index in [9.17, 15) is 9.59 Å². The number of thioether (sulfide) groups is 2. The summed E-state index contributed by atoms with van der Waals surface area (Å²) in [5, 5.41) is -0.224. The van der Waals surface area contributed by atoms with E-state index in [2.05, 4.69) is 0 Å². The summed E-state index contributed by atoms with van der Waals surface area (Å²) in [6, 6.07) is -0.582. The van der Waals surface area contributed by atoms with E-state index >= 15 is 0 Å². The predicted molar refractivity (Wildman–Crippen MR) is 95.0 cm³/mol.